The van der Waals surface area contributed by atoms with E-state index in [-0.39, 0.29) is 6.10 Å². The van der Waals surface area contributed by atoms with Gasteiger partial charge in [-0.05, 0) is 6.92 Å². The lowest BCUT2D eigenvalue weighted by Crippen LogP contribution is -2.50. The summed E-state index contributed by atoms with van der Waals surface area (Å²) in [5.41, 5.74) is 0. The SMILES string of the molecule is CC1CN(CC(O)CN2CCNCC2)CCO1. The molecule has 2 atom stereocenters. The van der Waals surface area contributed by atoms with Crippen LogP contribution in [-0.2, 0) is 4.74 Å². The third kappa shape index (κ3) is 4.52. The first-order valence-electron chi connectivity index (χ1n) is 6.69. The van der Waals surface area contributed by atoms with E-state index in [9.17, 15) is 5.11 Å². The second-order valence-corrected chi connectivity index (χ2v) is 5.15. The van der Waals surface area contributed by atoms with Gasteiger partial charge in [-0.25, -0.2) is 0 Å². The van der Waals surface area contributed by atoms with Gasteiger partial charge in [0.2, 0.25) is 0 Å². The van der Waals surface area contributed by atoms with Gasteiger partial charge in [0, 0.05) is 52.4 Å². The molecule has 2 fully saturated rings. The lowest BCUT2D eigenvalue weighted by Gasteiger charge is -2.34. The van der Waals surface area contributed by atoms with E-state index in [4.69, 9.17) is 4.74 Å². The molecule has 0 amide bonds. The molecule has 2 heterocycles. The van der Waals surface area contributed by atoms with Crippen molar-refractivity contribution in [2.75, 3.05) is 59.0 Å². The van der Waals surface area contributed by atoms with Crippen LogP contribution in [0.15, 0.2) is 0 Å². The lowest BCUT2D eigenvalue weighted by atomic mass is 10.2. The zero-order valence-corrected chi connectivity index (χ0v) is 10.8. The largest absolute Gasteiger partial charge is 0.390 e. The Morgan fingerprint density at radius 1 is 1.24 bits per heavy atom. The van der Waals surface area contributed by atoms with Gasteiger partial charge in [0.1, 0.15) is 0 Å². The Balaban J connectivity index is 1.66. The molecule has 17 heavy (non-hydrogen) atoms. The summed E-state index contributed by atoms with van der Waals surface area (Å²) in [4.78, 5) is 4.64. The van der Waals surface area contributed by atoms with E-state index in [0.29, 0.717) is 6.10 Å². The molecule has 2 unspecified atom stereocenters. The number of ether oxygens (including phenoxy) is 1. The fourth-order valence-electron chi connectivity index (χ4n) is 2.60. The van der Waals surface area contributed by atoms with Crippen molar-refractivity contribution in [2.24, 2.45) is 0 Å². The fraction of sp³-hybridized carbons (Fsp3) is 1.00. The highest BCUT2D eigenvalue weighted by Crippen LogP contribution is 2.06. The molecule has 2 N–H and O–H groups in total. The number of nitrogens with zero attached hydrogens (tertiary/aromatic N) is 2. The average Bonchev–Trinajstić information content (AvgIpc) is 2.30. The van der Waals surface area contributed by atoms with Crippen molar-refractivity contribution in [1.82, 2.24) is 15.1 Å². The van der Waals surface area contributed by atoms with Crippen LogP contribution in [0.5, 0.6) is 0 Å². The maximum absolute atomic E-state index is 10.1. The molecule has 0 aromatic rings. The summed E-state index contributed by atoms with van der Waals surface area (Å²) < 4.78 is 5.50. The average molecular weight is 243 g/mol. The first kappa shape index (κ1) is 13.2. The maximum Gasteiger partial charge on any atom is 0.0793 e. The van der Waals surface area contributed by atoms with Gasteiger partial charge in [0.05, 0.1) is 18.8 Å². The number of morpholine rings is 1. The number of nitrogens with one attached hydrogen (secondary N) is 1. The van der Waals surface area contributed by atoms with Crippen LogP contribution in [0.1, 0.15) is 6.92 Å². The highest BCUT2D eigenvalue weighted by atomic mass is 16.5. The second kappa shape index (κ2) is 6.66. The molecule has 0 aliphatic carbocycles. The number of hydrogen-bond acceptors (Lipinski definition) is 5. The standard InChI is InChI=1S/C12H25N3O2/c1-11-8-15(6-7-17-11)10-12(16)9-14-4-2-13-3-5-14/h11-13,16H,2-10H2,1H3. The molecule has 5 nitrogen and oxygen atoms in total. The van der Waals surface area contributed by atoms with Crippen molar-refractivity contribution >= 4 is 0 Å². The van der Waals surface area contributed by atoms with Crippen molar-refractivity contribution in [3.8, 4) is 0 Å². The summed E-state index contributed by atoms with van der Waals surface area (Å²) in [6, 6.07) is 0. The molecular formula is C12H25N3O2. The first-order valence-corrected chi connectivity index (χ1v) is 6.69. The Morgan fingerprint density at radius 2 is 1.94 bits per heavy atom. The Morgan fingerprint density at radius 3 is 2.65 bits per heavy atom. The summed E-state index contributed by atoms with van der Waals surface area (Å²) >= 11 is 0. The minimum atomic E-state index is -0.238. The van der Waals surface area contributed by atoms with Gasteiger partial charge in [0.15, 0.2) is 0 Å². The monoisotopic (exact) mass is 243 g/mol. The van der Waals surface area contributed by atoms with Crippen LogP contribution in [-0.4, -0.2) is 86.1 Å². The molecule has 0 bridgehead atoms. The third-order valence-electron chi connectivity index (χ3n) is 3.47. The maximum atomic E-state index is 10.1. The predicted molar refractivity (Wildman–Crippen MR) is 67.2 cm³/mol. The van der Waals surface area contributed by atoms with Crippen molar-refractivity contribution in [3.05, 3.63) is 0 Å². The van der Waals surface area contributed by atoms with Crippen LogP contribution < -0.4 is 5.32 Å². The van der Waals surface area contributed by atoms with E-state index >= 15 is 0 Å². The summed E-state index contributed by atoms with van der Waals surface area (Å²) in [5.74, 6) is 0. The van der Waals surface area contributed by atoms with Gasteiger partial charge in [-0.1, -0.05) is 0 Å². The third-order valence-corrected chi connectivity index (χ3v) is 3.47. The van der Waals surface area contributed by atoms with Crippen LogP contribution in [0, 0.1) is 0 Å². The summed E-state index contributed by atoms with van der Waals surface area (Å²) in [6.45, 7) is 10.5. The van der Waals surface area contributed by atoms with Gasteiger partial charge in [-0.2, -0.15) is 0 Å². The molecule has 2 aliphatic rings. The van der Waals surface area contributed by atoms with Crippen LogP contribution in [0.3, 0.4) is 0 Å². The highest BCUT2D eigenvalue weighted by Gasteiger charge is 2.21. The van der Waals surface area contributed by atoms with Crippen LogP contribution >= 0.6 is 0 Å². The quantitative estimate of drug-likeness (QED) is 0.661. The van der Waals surface area contributed by atoms with Gasteiger partial charge in [0.25, 0.3) is 0 Å². The molecule has 5 heteroatoms. The molecule has 2 aliphatic heterocycles. The number of piperazine rings is 1. The van der Waals surface area contributed by atoms with Gasteiger partial charge in [-0.3, -0.25) is 9.80 Å². The first-order chi connectivity index (χ1) is 8.24. The van der Waals surface area contributed by atoms with Crippen LogP contribution in [0.25, 0.3) is 0 Å². The van der Waals surface area contributed by atoms with E-state index in [0.717, 1.165) is 59.0 Å². The predicted octanol–water partition coefficient (Wildman–Crippen LogP) is -1.03. The van der Waals surface area contributed by atoms with E-state index in [1.807, 2.05) is 0 Å². The number of aliphatic hydroxyl groups excluding tert-OH is 1. The van der Waals surface area contributed by atoms with E-state index in [2.05, 4.69) is 22.0 Å². The highest BCUT2D eigenvalue weighted by molar-refractivity contribution is 4.75. The van der Waals surface area contributed by atoms with Crippen molar-refractivity contribution in [1.29, 1.82) is 0 Å². The Hall–Kier alpha value is -0.200. The van der Waals surface area contributed by atoms with Crippen molar-refractivity contribution < 1.29 is 9.84 Å². The minimum absolute atomic E-state index is 0.238. The smallest absolute Gasteiger partial charge is 0.0793 e. The number of hydrogen-bond donors (Lipinski definition) is 2. The number of aliphatic hydroxyl groups is 1. The lowest BCUT2D eigenvalue weighted by molar-refractivity contribution is -0.0351. The molecule has 0 saturated carbocycles. The minimum Gasteiger partial charge on any atom is -0.390 e. The van der Waals surface area contributed by atoms with Gasteiger partial charge in [-0.15, -0.1) is 0 Å². The Bertz CT molecular complexity index is 222. The molecular weight excluding hydrogens is 218 g/mol. The van der Waals surface area contributed by atoms with E-state index < -0.39 is 0 Å². The summed E-state index contributed by atoms with van der Waals surface area (Å²) in [6.07, 6.45) is 0.0635. The molecule has 0 aromatic heterocycles. The van der Waals surface area contributed by atoms with E-state index in [1.54, 1.807) is 0 Å². The normalized spacial score (nSPS) is 30.4. The number of β-amino-alcohol motifs (C(OH)–C–C–N with tert-alkyl or cyclic N) is 1. The molecule has 0 aromatic carbocycles. The Kier molecular flexibility index (Phi) is 5.18. The topological polar surface area (TPSA) is 48.0 Å². The second-order valence-electron chi connectivity index (χ2n) is 5.15. The molecule has 2 saturated heterocycles. The zero-order chi connectivity index (χ0) is 12.1. The van der Waals surface area contributed by atoms with Gasteiger partial charge >= 0.3 is 0 Å². The number of rotatable bonds is 4. The van der Waals surface area contributed by atoms with Crippen molar-refractivity contribution in [3.63, 3.8) is 0 Å². The molecule has 0 spiro atoms. The molecule has 0 radical (unpaired) electrons. The zero-order valence-electron chi connectivity index (χ0n) is 10.8. The van der Waals surface area contributed by atoms with Crippen LogP contribution in [0.4, 0.5) is 0 Å². The van der Waals surface area contributed by atoms with Gasteiger partial charge < -0.3 is 15.2 Å². The van der Waals surface area contributed by atoms with Crippen molar-refractivity contribution in [2.45, 2.75) is 19.1 Å². The molecule has 2 rings (SSSR count). The molecule has 100 valence electrons. The fourth-order valence-corrected chi connectivity index (χ4v) is 2.60. The Labute approximate surface area is 104 Å². The summed E-state index contributed by atoms with van der Waals surface area (Å²) in [5, 5.41) is 13.4. The summed E-state index contributed by atoms with van der Waals surface area (Å²) in [7, 11) is 0. The van der Waals surface area contributed by atoms with E-state index in [1.165, 1.54) is 0 Å². The van der Waals surface area contributed by atoms with Crippen LogP contribution in [0.2, 0.25) is 0 Å².